The van der Waals surface area contributed by atoms with Crippen LogP contribution < -0.4 is 5.73 Å². The van der Waals surface area contributed by atoms with Crippen molar-refractivity contribution in [2.75, 3.05) is 5.73 Å². The first-order valence-electron chi connectivity index (χ1n) is 3.00. The summed E-state index contributed by atoms with van der Waals surface area (Å²) in [5.74, 6) is -1.03. The maximum atomic E-state index is 10.6. The lowest BCUT2D eigenvalue weighted by Crippen LogP contribution is -2.04. The van der Waals surface area contributed by atoms with Gasteiger partial charge in [0.25, 0.3) is 0 Å². The van der Waals surface area contributed by atoms with Crippen LogP contribution in [0.2, 0.25) is 5.02 Å². The van der Waals surface area contributed by atoms with E-state index < -0.39 is 5.97 Å². The van der Waals surface area contributed by atoms with E-state index in [4.69, 9.17) is 22.4 Å². The molecule has 1 aromatic carbocycles. The summed E-state index contributed by atoms with van der Waals surface area (Å²) in [6.07, 6.45) is 0. The smallest absolute Gasteiger partial charge is 0.338 e. The summed E-state index contributed by atoms with van der Waals surface area (Å²) in [7, 11) is 0. The zero-order valence-electron chi connectivity index (χ0n) is 5.84. The van der Waals surface area contributed by atoms with Gasteiger partial charge in [-0.1, -0.05) is 11.6 Å². The van der Waals surface area contributed by atoms with E-state index in [1.165, 1.54) is 6.07 Å². The number of halogens is 2. The number of anilines is 1. The number of hydrogen-bond acceptors (Lipinski definition) is 2. The Morgan fingerprint density at radius 1 is 1.58 bits per heavy atom. The number of nitrogen functional groups attached to an aromatic ring is 1. The fourth-order valence-corrected chi connectivity index (χ4v) is 2.11. The standard InChI is InChI=1S/C7H5ClINO2/c8-3-1-4(9)6(7(11)12)5(10)2-3/h1-2H,10H2,(H,11,12). The van der Waals surface area contributed by atoms with Gasteiger partial charge < -0.3 is 10.8 Å². The van der Waals surface area contributed by atoms with Gasteiger partial charge in [-0.05, 0) is 34.7 Å². The van der Waals surface area contributed by atoms with Crippen LogP contribution in [0.25, 0.3) is 0 Å². The molecule has 0 atom stereocenters. The van der Waals surface area contributed by atoms with E-state index in [9.17, 15) is 4.79 Å². The highest BCUT2D eigenvalue weighted by atomic mass is 127. The van der Waals surface area contributed by atoms with E-state index in [-0.39, 0.29) is 11.3 Å². The Labute approximate surface area is 87.7 Å². The van der Waals surface area contributed by atoms with Crippen LogP contribution in [-0.4, -0.2) is 11.1 Å². The molecule has 0 amide bonds. The SMILES string of the molecule is Nc1cc(Cl)cc(I)c1C(=O)O. The lowest BCUT2D eigenvalue weighted by Gasteiger charge is -2.03. The second-order valence-corrected chi connectivity index (χ2v) is 3.76. The Kier molecular flexibility index (Phi) is 2.79. The van der Waals surface area contributed by atoms with Gasteiger partial charge in [-0.2, -0.15) is 0 Å². The number of nitrogens with two attached hydrogens (primary N) is 1. The Morgan fingerprint density at radius 2 is 2.17 bits per heavy atom. The number of hydrogen-bond donors (Lipinski definition) is 2. The molecule has 1 aromatic rings. The molecule has 0 unspecified atom stereocenters. The summed E-state index contributed by atoms with van der Waals surface area (Å²) in [5, 5.41) is 9.16. The first kappa shape index (κ1) is 9.60. The van der Waals surface area contributed by atoms with Crippen molar-refractivity contribution in [3.05, 3.63) is 26.3 Å². The fraction of sp³-hybridized carbons (Fsp3) is 0. The van der Waals surface area contributed by atoms with E-state index >= 15 is 0 Å². The van der Waals surface area contributed by atoms with Crippen LogP contribution in [0.5, 0.6) is 0 Å². The first-order chi connectivity index (χ1) is 5.52. The summed E-state index contributed by atoms with van der Waals surface area (Å²) >= 11 is 7.53. The molecular formula is C7H5ClINO2. The second kappa shape index (κ2) is 3.49. The largest absolute Gasteiger partial charge is 0.478 e. The van der Waals surface area contributed by atoms with Crippen molar-refractivity contribution in [3.8, 4) is 0 Å². The highest BCUT2D eigenvalue weighted by Gasteiger charge is 2.12. The molecule has 0 fully saturated rings. The maximum absolute atomic E-state index is 10.6. The van der Waals surface area contributed by atoms with Crippen LogP contribution in [-0.2, 0) is 0 Å². The van der Waals surface area contributed by atoms with Gasteiger partial charge in [-0.25, -0.2) is 4.79 Å². The minimum atomic E-state index is -1.03. The molecule has 0 aliphatic carbocycles. The lowest BCUT2D eigenvalue weighted by atomic mass is 10.2. The molecule has 5 heteroatoms. The van der Waals surface area contributed by atoms with Gasteiger partial charge in [0.1, 0.15) is 0 Å². The predicted octanol–water partition coefficient (Wildman–Crippen LogP) is 2.23. The van der Waals surface area contributed by atoms with Gasteiger partial charge in [-0.15, -0.1) is 0 Å². The number of rotatable bonds is 1. The zero-order valence-corrected chi connectivity index (χ0v) is 8.76. The zero-order chi connectivity index (χ0) is 9.30. The van der Waals surface area contributed by atoms with Crippen molar-refractivity contribution in [2.24, 2.45) is 0 Å². The van der Waals surface area contributed by atoms with Gasteiger partial charge >= 0.3 is 5.97 Å². The third-order valence-corrected chi connectivity index (χ3v) is 2.37. The lowest BCUT2D eigenvalue weighted by molar-refractivity contribution is 0.0697. The van der Waals surface area contributed by atoms with Crippen molar-refractivity contribution >= 4 is 45.8 Å². The van der Waals surface area contributed by atoms with E-state index in [0.717, 1.165) is 0 Å². The quantitative estimate of drug-likeness (QED) is 0.617. The third-order valence-electron chi connectivity index (χ3n) is 1.30. The van der Waals surface area contributed by atoms with Crippen molar-refractivity contribution in [3.63, 3.8) is 0 Å². The maximum Gasteiger partial charge on any atom is 0.338 e. The van der Waals surface area contributed by atoms with Crippen molar-refractivity contribution in [1.82, 2.24) is 0 Å². The fourth-order valence-electron chi connectivity index (χ4n) is 0.819. The Balaban J connectivity index is 3.38. The average molecular weight is 297 g/mol. The molecule has 64 valence electrons. The third kappa shape index (κ3) is 1.81. The molecule has 0 aromatic heterocycles. The van der Waals surface area contributed by atoms with Crippen molar-refractivity contribution < 1.29 is 9.90 Å². The molecule has 0 radical (unpaired) electrons. The molecule has 1 rings (SSSR count). The van der Waals surface area contributed by atoms with Gasteiger partial charge in [0.2, 0.25) is 0 Å². The van der Waals surface area contributed by atoms with E-state index in [1.807, 2.05) is 22.6 Å². The molecular weight excluding hydrogens is 292 g/mol. The number of aromatic carboxylic acids is 1. The van der Waals surface area contributed by atoms with Crippen LogP contribution in [0, 0.1) is 3.57 Å². The van der Waals surface area contributed by atoms with Crippen LogP contribution >= 0.6 is 34.2 Å². The number of carboxylic acid groups (broad SMARTS) is 1. The predicted molar refractivity (Wildman–Crippen MR) is 55.5 cm³/mol. The summed E-state index contributed by atoms with van der Waals surface area (Å²) in [5.41, 5.74) is 5.76. The average Bonchev–Trinajstić information content (AvgIpc) is 1.82. The normalized spacial score (nSPS) is 9.83. The van der Waals surface area contributed by atoms with Gasteiger partial charge in [0, 0.05) is 14.3 Å². The van der Waals surface area contributed by atoms with Crippen LogP contribution in [0.15, 0.2) is 12.1 Å². The summed E-state index contributed by atoms with van der Waals surface area (Å²) in [6.45, 7) is 0. The monoisotopic (exact) mass is 297 g/mol. The van der Waals surface area contributed by atoms with Crippen molar-refractivity contribution in [2.45, 2.75) is 0 Å². The summed E-state index contributed by atoms with van der Waals surface area (Å²) in [4.78, 5) is 10.6. The van der Waals surface area contributed by atoms with Crippen LogP contribution in [0.3, 0.4) is 0 Å². The molecule has 0 bridgehead atoms. The number of carbonyl (C=O) groups is 1. The highest BCUT2D eigenvalue weighted by molar-refractivity contribution is 14.1. The number of carboxylic acids is 1. The van der Waals surface area contributed by atoms with Gasteiger partial charge in [0.15, 0.2) is 0 Å². The topological polar surface area (TPSA) is 63.3 Å². The molecule has 0 aliphatic rings. The molecule has 3 nitrogen and oxygen atoms in total. The van der Waals surface area contributed by atoms with E-state index in [2.05, 4.69) is 0 Å². The first-order valence-corrected chi connectivity index (χ1v) is 4.46. The molecule has 0 saturated carbocycles. The van der Waals surface area contributed by atoms with E-state index in [0.29, 0.717) is 8.59 Å². The Bertz CT molecular complexity index is 317. The molecule has 0 saturated heterocycles. The summed E-state index contributed by atoms with van der Waals surface area (Å²) in [6, 6.07) is 2.98. The molecule has 12 heavy (non-hydrogen) atoms. The molecule has 3 N–H and O–H groups in total. The Hall–Kier alpha value is -0.490. The van der Waals surface area contributed by atoms with Crippen LogP contribution in [0.1, 0.15) is 10.4 Å². The second-order valence-electron chi connectivity index (χ2n) is 2.16. The minimum absolute atomic E-state index is 0.111. The van der Waals surface area contributed by atoms with E-state index in [1.54, 1.807) is 6.07 Å². The number of benzene rings is 1. The molecule has 0 spiro atoms. The highest BCUT2D eigenvalue weighted by Crippen LogP contribution is 2.24. The molecule has 0 heterocycles. The van der Waals surface area contributed by atoms with Gasteiger partial charge in [0.05, 0.1) is 5.56 Å². The Morgan fingerprint density at radius 3 is 2.58 bits per heavy atom. The minimum Gasteiger partial charge on any atom is -0.478 e. The summed E-state index contributed by atoms with van der Waals surface area (Å²) < 4.78 is 0.546. The van der Waals surface area contributed by atoms with Gasteiger partial charge in [-0.3, -0.25) is 0 Å². The van der Waals surface area contributed by atoms with Crippen molar-refractivity contribution in [1.29, 1.82) is 0 Å². The van der Waals surface area contributed by atoms with Crippen LogP contribution in [0.4, 0.5) is 5.69 Å². The molecule has 0 aliphatic heterocycles.